The van der Waals surface area contributed by atoms with Crippen molar-refractivity contribution in [1.82, 2.24) is 4.98 Å². The number of halogens is 3. The van der Waals surface area contributed by atoms with E-state index in [0.29, 0.717) is 24.9 Å². The van der Waals surface area contributed by atoms with E-state index >= 15 is 0 Å². The van der Waals surface area contributed by atoms with Gasteiger partial charge in [-0.3, -0.25) is 4.79 Å². The number of ether oxygens (including phenoxy) is 1. The van der Waals surface area contributed by atoms with Crippen molar-refractivity contribution in [2.24, 2.45) is 5.73 Å². The number of hydrogen-bond donors (Lipinski definition) is 1. The molecular weight excluding hydrogens is 368 g/mol. The van der Waals surface area contributed by atoms with Gasteiger partial charge in [0.25, 0.3) is 0 Å². The maximum atomic E-state index is 13.7. The van der Waals surface area contributed by atoms with Crippen molar-refractivity contribution in [3.63, 3.8) is 0 Å². The Kier molecular flexibility index (Phi) is 5.03. The minimum absolute atomic E-state index is 0.00475. The summed E-state index contributed by atoms with van der Waals surface area (Å²) in [5, 5.41) is -0.00475. The molecule has 2 heterocycles. The van der Waals surface area contributed by atoms with Crippen LogP contribution in [0.5, 0.6) is 0 Å². The van der Waals surface area contributed by atoms with E-state index < -0.39 is 23.8 Å². The Hall–Kier alpha value is -2.74. The number of nitrogens with zero attached hydrogens (tertiary/aromatic N) is 2. The number of carbonyl (C=O) groups excluding carboxylic acids is 2. The van der Waals surface area contributed by atoms with E-state index in [1.54, 1.807) is 4.90 Å². The molecule has 1 saturated heterocycles. The largest absolute Gasteiger partial charge is 0.444 e. The summed E-state index contributed by atoms with van der Waals surface area (Å²) in [4.78, 5) is 28.2. The van der Waals surface area contributed by atoms with Gasteiger partial charge in [-0.2, -0.15) is 0 Å². The molecule has 1 amide bonds. The molecule has 0 aliphatic carbocycles. The molecule has 0 spiro atoms. The van der Waals surface area contributed by atoms with Gasteiger partial charge in [0.15, 0.2) is 6.29 Å². The van der Waals surface area contributed by atoms with Gasteiger partial charge in [0.2, 0.25) is 0 Å². The van der Waals surface area contributed by atoms with Crippen LogP contribution >= 0.6 is 11.6 Å². The van der Waals surface area contributed by atoms with Crippen LogP contribution in [-0.2, 0) is 4.74 Å². The van der Waals surface area contributed by atoms with E-state index in [1.807, 2.05) is 0 Å². The number of amides is 1. The summed E-state index contributed by atoms with van der Waals surface area (Å²) in [5.41, 5.74) is 6.00. The molecule has 1 aliphatic rings. The molecule has 0 bridgehead atoms. The maximum Gasteiger partial charge on any atom is 0.404 e. The SMILES string of the molecule is NC(=O)OC1CCN(c2c(C=O)cnc(Cl)c2-c2cc(F)cc(F)c2)C1. The lowest BCUT2D eigenvalue weighted by atomic mass is 10.0. The first-order valence-electron chi connectivity index (χ1n) is 7.70. The van der Waals surface area contributed by atoms with E-state index in [2.05, 4.69) is 4.98 Å². The highest BCUT2D eigenvalue weighted by Gasteiger charge is 2.30. The van der Waals surface area contributed by atoms with Gasteiger partial charge in [0, 0.05) is 30.8 Å². The molecule has 1 unspecified atom stereocenters. The van der Waals surface area contributed by atoms with Crippen LogP contribution in [-0.4, -0.2) is 36.6 Å². The summed E-state index contributed by atoms with van der Waals surface area (Å²) >= 11 is 6.19. The lowest BCUT2D eigenvalue weighted by Crippen LogP contribution is -2.28. The molecule has 1 fully saturated rings. The minimum Gasteiger partial charge on any atom is -0.444 e. The Morgan fingerprint density at radius 3 is 2.65 bits per heavy atom. The Morgan fingerprint density at radius 1 is 1.35 bits per heavy atom. The van der Waals surface area contributed by atoms with Crippen LogP contribution in [0, 0.1) is 11.6 Å². The fourth-order valence-corrected chi connectivity index (χ4v) is 3.31. The number of benzene rings is 1. The molecule has 26 heavy (non-hydrogen) atoms. The third-order valence-corrected chi connectivity index (χ3v) is 4.34. The number of rotatable bonds is 4. The number of aldehydes is 1. The quantitative estimate of drug-likeness (QED) is 0.649. The summed E-state index contributed by atoms with van der Waals surface area (Å²) in [6.45, 7) is 0.693. The summed E-state index contributed by atoms with van der Waals surface area (Å²) in [6, 6.07) is 2.95. The predicted octanol–water partition coefficient (Wildman–Crippen LogP) is 3.17. The molecule has 0 radical (unpaired) electrons. The van der Waals surface area contributed by atoms with Crippen LogP contribution in [0.2, 0.25) is 5.15 Å². The van der Waals surface area contributed by atoms with E-state index in [4.69, 9.17) is 22.1 Å². The molecule has 0 saturated carbocycles. The first kappa shape index (κ1) is 18.1. The van der Waals surface area contributed by atoms with Crippen LogP contribution in [0.4, 0.5) is 19.3 Å². The van der Waals surface area contributed by atoms with E-state index in [9.17, 15) is 18.4 Å². The first-order valence-corrected chi connectivity index (χ1v) is 8.08. The number of nitrogens with two attached hydrogens (primary N) is 1. The maximum absolute atomic E-state index is 13.7. The molecule has 3 rings (SSSR count). The Bertz CT molecular complexity index is 858. The van der Waals surface area contributed by atoms with Crippen LogP contribution in [0.25, 0.3) is 11.1 Å². The molecule has 1 aromatic heterocycles. The predicted molar refractivity (Wildman–Crippen MR) is 91.3 cm³/mol. The smallest absolute Gasteiger partial charge is 0.404 e. The second-order valence-electron chi connectivity index (χ2n) is 5.80. The van der Waals surface area contributed by atoms with Crippen LogP contribution in [0.1, 0.15) is 16.8 Å². The number of hydrogen-bond acceptors (Lipinski definition) is 5. The summed E-state index contributed by atoms with van der Waals surface area (Å²) in [6.07, 6.45) is 0.994. The van der Waals surface area contributed by atoms with Gasteiger partial charge in [0.05, 0.1) is 17.8 Å². The van der Waals surface area contributed by atoms with Gasteiger partial charge in [-0.15, -0.1) is 0 Å². The van der Waals surface area contributed by atoms with Crippen LogP contribution < -0.4 is 10.6 Å². The Labute approximate surface area is 152 Å². The lowest BCUT2D eigenvalue weighted by Gasteiger charge is -2.24. The molecule has 1 aromatic carbocycles. The Balaban J connectivity index is 2.10. The summed E-state index contributed by atoms with van der Waals surface area (Å²) < 4.78 is 32.4. The number of pyridine rings is 1. The van der Waals surface area contributed by atoms with Crippen molar-refractivity contribution < 1.29 is 23.1 Å². The standard InChI is InChI=1S/C17H14ClF2N3O3/c18-16-14(9-3-11(19)5-12(20)4-9)15(10(8-24)6-22-16)23-2-1-13(7-23)26-17(21)25/h3-6,8,13H,1-2,7H2,(H2,21,25). The van der Waals surface area contributed by atoms with Crippen LogP contribution in [0.15, 0.2) is 24.4 Å². The molecule has 9 heteroatoms. The van der Waals surface area contributed by atoms with Crippen molar-refractivity contribution in [3.05, 3.63) is 46.7 Å². The van der Waals surface area contributed by atoms with Crippen LogP contribution in [0.3, 0.4) is 0 Å². The molecule has 1 aliphatic heterocycles. The van der Waals surface area contributed by atoms with Crippen molar-refractivity contribution in [2.45, 2.75) is 12.5 Å². The van der Waals surface area contributed by atoms with Crippen molar-refractivity contribution in [3.8, 4) is 11.1 Å². The molecule has 1 atom stereocenters. The first-order chi connectivity index (χ1) is 12.4. The van der Waals surface area contributed by atoms with Gasteiger partial charge < -0.3 is 15.4 Å². The minimum atomic E-state index is -0.896. The summed E-state index contributed by atoms with van der Waals surface area (Å²) in [5.74, 6) is -1.57. The zero-order chi connectivity index (χ0) is 18.8. The van der Waals surface area contributed by atoms with Gasteiger partial charge in [-0.05, 0) is 17.7 Å². The molecular formula is C17H14ClF2N3O3. The average molecular weight is 382 g/mol. The highest BCUT2D eigenvalue weighted by Crippen LogP contribution is 2.40. The zero-order valence-corrected chi connectivity index (χ0v) is 14.2. The second kappa shape index (κ2) is 7.25. The zero-order valence-electron chi connectivity index (χ0n) is 13.4. The molecule has 2 aromatic rings. The molecule has 6 nitrogen and oxygen atoms in total. The van der Waals surface area contributed by atoms with E-state index in [0.717, 1.165) is 18.2 Å². The number of anilines is 1. The van der Waals surface area contributed by atoms with Gasteiger partial charge >= 0.3 is 6.09 Å². The number of aromatic nitrogens is 1. The Morgan fingerprint density at radius 2 is 2.04 bits per heavy atom. The number of carbonyl (C=O) groups is 2. The highest BCUT2D eigenvalue weighted by atomic mass is 35.5. The normalized spacial score (nSPS) is 16.6. The van der Waals surface area contributed by atoms with Gasteiger partial charge in [-0.1, -0.05) is 11.6 Å². The fourth-order valence-electron chi connectivity index (χ4n) is 3.07. The van der Waals surface area contributed by atoms with Crippen molar-refractivity contribution in [2.75, 3.05) is 18.0 Å². The third kappa shape index (κ3) is 3.60. The molecule has 2 N–H and O–H groups in total. The van der Waals surface area contributed by atoms with Gasteiger partial charge in [-0.25, -0.2) is 18.6 Å². The summed E-state index contributed by atoms with van der Waals surface area (Å²) in [7, 11) is 0. The van der Waals surface area contributed by atoms with Crippen molar-refractivity contribution >= 4 is 29.7 Å². The second-order valence-corrected chi connectivity index (χ2v) is 6.16. The highest BCUT2D eigenvalue weighted by molar-refractivity contribution is 6.33. The van der Waals surface area contributed by atoms with E-state index in [-0.39, 0.29) is 28.4 Å². The van der Waals surface area contributed by atoms with Gasteiger partial charge in [0.1, 0.15) is 22.9 Å². The average Bonchev–Trinajstić information content (AvgIpc) is 3.00. The monoisotopic (exact) mass is 381 g/mol. The fraction of sp³-hybridized carbons (Fsp3) is 0.235. The third-order valence-electron chi connectivity index (χ3n) is 4.06. The number of primary amides is 1. The molecule has 136 valence electrons. The topological polar surface area (TPSA) is 85.5 Å². The lowest BCUT2D eigenvalue weighted by molar-refractivity contribution is 0.112. The van der Waals surface area contributed by atoms with E-state index in [1.165, 1.54) is 6.20 Å². The van der Waals surface area contributed by atoms with Crippen molar-refractivity contribution in [1.29, 1.82) is 0 Å².